The van der Waals surface area contributed by atoms with Crippen molar-refractivity contribution in [2.45, 2.75) is 39.0 Å². The third kappa shape index (κ3) is 4.46. The average molecular weight is 291 g/mol. The van der Waals surface area contributed by atoms with Gasteiger partial charge in [0.05, 0.1) is 6.61 Å². The van der Waals surface area contributed by atoms with E-state index in [1.165, 1.54) is 0 Å². The van der Waals surface area contributed by atoms with Crippen LogP contribution in [0.4, 0.5) is 0 Å². The van der Waals surface area contributed by atoms with Gasteiger partial charge in [-0.2, -0.15) is 0 Å². The van der Waals surface area contributed by atoms with E-state index < -0.39 is 0 Å². The molecule has 2 rings (SSSR count). The van der Waals surface area contributed by atoms with Gasteiger partial charge in [-0.25, -0.2) is 0 Å². The molecule has 0 aromatic heterocycles. The molecule has 1 amide bonds. The second kappa shape index (κ2) is 6.94. The summed E-state index contributed by atoms with van der Waals surface area (Å²) in [6.45, 7) is 5.51. The topological polar surface area (TPSA) is 58.6 Å². The zero-order valence-electron chi connectivity index (χ0n) is 12.9. The van der Waals surface area contributed by atoms with Crippen LogP contribution in [-0.2, 0) is 4.79 Å². The normalized spacial score (nSPS) is 17.8. The van der Waals surface area contributed by atoms with E-state index >= 15 is 0 Å². The number of hydrogen-bond acceptors (Lipinski definition) is 3. The molecule has 2 N–H and O–H groups in total. The molecule has 1 aromatic rings. The van der Waals surface area contributed by atoms with Gasteiger partial charge in [-0.1, -0.05) is 32.0 Å². The van der Waals surface area contributed by atoms with Crippen LogP contribution in [0.1, 0.15) is 44.6 Å². The molecule has 0 radical (unpaired) electrons. The Morgan fingerprint density at radius 3 is 2.95 bits per heavy atom. The quantitative estimate of drug-likeness (QED) is 0.846. The second-order valence-electron chi connectivity index (χ2n) is 6.49. The number of benzene rings is 1. The van der Waals surface area contributed by atoms with E-state index in [4.69, 9.17) is 9.84 Å². The first-order chi connectivity index (χ1) is 10.0. The highest BCUT2D eigenvalue weighted by Crippen LogP contribution is 2.35. The fourth-order valence-corrected chi connectivity index (χ4v) is 2.65. The zero-order chi connectivity index (χ0) is 15.3. The summed E-state index contributed by atoms with van der Waals surface area (Å²) in [5.41, 5.74) is 1.06. The summed E-state index contributed by atoms with van der Waals surface area (Å²) in [4.78, 5) is 12.2. The van der Waals surface area contributed by atoms with Crippen molar-refractivity contribution in [2.75, 3.05) is 19.8 Å². The number of hydrogen-bond donors (Lipinski definition) is 2. The lowest BCUT2D eigenvalue weighted by molar-refractivity contribution is -0.122. The largest absolute Gasteiger partial charge is 0.493 e. The van der Waals surface area contributed by atoms with E-state index in [9.17, 15) is 4.79 Å². The van der Waals surface area contributed by atoms with Gasteiger partial charge in [0.15, 0.2) is 0 Å². The molecule has 1 heterocycles. The van der Waals surface area contributed by atoms with Crippen LogP contribution in [-0.4, -0.2) is 30.8 Å². The number of carbonyl (C=O) groups excluding carboxylic acids is 1. The highest BCUT2D eigenvalue weighted by molar-refractivity contribution is 5.77. The Morgan fingerprint density at radius 2 is 2.19 bits per heavy atom. The maximum absolute atomic E-state index is 12.2. The van der Waals surface area contributed by atoms with Crippen molar-refractivity contribution in [3.05, 3.63) is 29.8 Å². The second-order valence-corrected chi connectivity index (χ2v) is 6.49. The van der Waals surface area contributed by atoms with E-state index in [1.807, 2.05) is 38.1 Å². The Morgan fingerprint density at radius 1 is 1.43 bits per heavy atom. The van der Waals surface area contributed by atoms with E-state index in [2.05, 4.69) is 5.32 Å². The highest BCUT2D eigenvalue weighted by Gasteiger charge is 2.24. The van der Waals surface area contributed by atoms with E-state index in [1.54, 1.807) is 0 Å². The molecule has 0 fully saturated rings. The van der Waals surface area contributed by atoms with Gasteiger partial charge in [0, 0.05) is 19.6 Å². The van der Waals surface area contributed by atoms with Crippen molar-refractivity contribution >= 4 is 5.91 Å². The van der Waals surface area contributed by atoms with Crippen LogP contribution in [0, 0.1) is 5.41 Å². The number of para-hydroxylation sites is 1. The van der Waals surface area contributed by atoms with Crippen LogP contribution in [0.3, 0.4) is 0 Å². The maximum atomic E-state index is 12.2. The minimum absolute atomic E-state index is 0.0714. The molecule has 0 spiro atoms. The minimum atomic E-state index is -0.0714. The molecule has 4 nitrogen and oxygen atoms in total. The summed E-state index contributed by atoms with van der Waals surface area (Å²) in [5.74, 6) is 1.21. The van der Waals surface area contributed by atoms with Gasteiger partial charge in [-0.3, -0.25) is 4.79 Å². The summed E-state index contributed by atoms with van der Waals surface area (Å²) in [6.07, 6.45) is 2.06. The SMILES string of the molecule is CC(C)(CCO)CNC(=O)CC1CCOc2ccccc21. The lowest BCUT2D eigenvalue weighted by atomic mass is 9.88. The van der Waals surface area contributed by atoms with E-state index in [-0.39, 0.29) is 23.8 Å². The first-order valence-electron chi connectivity index (χ1n) is 7.61. The monoisotopic (exact) mass is 291 g/mol. The molecule has 0 saturated heterocycles. The van der Waals surface area contributed by atoms with Crippen LogP contribution in [0.5, 0.6) is 5.75 Å². The molecule has 0 aliphatic carbocycles. The van der Waals surface area contributed by atoms with Gasteiger partial charge in [0.25, 0.3) is 0 Å². The maximum Gasteiger partial charge on any atom is 0.220 e. The lowest BCUT2D eigenvalue weighted by Gasteiger charge is -2.27. The van der Waals surface area contributed by atoms with Crippen molar-refractivity contribution in [3.63, 3.8) is 0 Å². The molecule has 1 aromatic carbocycles. The van der Waals surface area contributed by atoms with E-state index in [0.717, 1.165) is 17.7 Å². The Bertz CT molecular complexity index is 485. The number of ether oxygens (including phenoxy) is 1. The number of rotatable bonds is 6. The third-order valence-corrected chi connectivity index (χ3v) is 4.07. The van der Waals surface area contributed by atoms with Gasteiger partial charge in [0.2, 0.25) is 5.91 Å². The van der Waals surface area contributed by atoms with Gasteiger partial charge in [0.1, 0.15) is 5.75 Å². The molecule has 0 bridgehead atoms. The fraction of sp³-hybridized carbons (Fsp3) is 0.588. The average Bonchev–Trinajstić information content (AvgIpc) is 2.46. The molecule has 21 heavy (non-hydrogen) atoms. The predicted molar refractivity (Wildman–Crippen MR) is 82.4 cm³/mol. The Hall–Kier alpha value is -1.55. The van der Waals surface area contributed by atoms with Crippen LogP contribution in [0.2, 0.25) is 0 Å². The van der Waals surface area contributed by atoms with Crippen LogP contribution in [0.25, 0.3) is 0 Å². The Kier molecular flexibility index (Phi) is 5.23. The molecular weight excluding hydrogens is 266 g/mol. The molecule has 116 valence electrons. The third-order valence-electron chi connectivity index (χ3n) is 4.07. The number of aliphatic hydroxyl groups is 1. The van der Waals surface area contributed by atoms with Crippen LogP contribution < -0.4 is 10.1 Å². The Balaban J connectivity index is 1.89. The molecular formula is C17H25NO3. The molecule has 0 saturated carbocycles. The summed E-state index contributed by atoms with van der Waals surface area (Å²) < 4.78 is 5.62. The molecule has 4 heteroatoms. The van der Waals surface area contributed by atoms with Gasteiger partial charge >= 0.3 is 0 Å². The predicted octanol–water partition coefficient (Wildman–Crippen LogP) is 2.47. The van der Waals surface area contributed by atoms with Gasteiger partial charge in [-0.05, 0) is 35.8 Å². The Labute approximate surface area is 126 Å². The number of aliphatic hydroxyl groups excluding tert-OH is 1. The smallest absolute Gasteiger partial charge is 0.220 e. The molecule has 1 unspecified atom stereocenters. The summed E-state index contributed by atoms with van der Waals surface area (Å²) in [7, 11) is 0. The van der Waals surface area contributed by atoms with Crippen molar-refractivity contribution < 1.29 is 14.6 Å². The number of nitrogens with one attached hydrogen (secondary N) is 1. The van der Waals surface area contributed by atoms with Crippen molar-refractivity contribution in [3.8, 4) is 5.75 Å². The van der Waals surface area contributed by atoms with Crippen molar-refractivity contribution in [1.82, 2.24) is 5.32 Å². The van der Waals surface area contributed by atoms with E-state index in [0.29, 0.717) is 26.0 Å². The summed E-state index contributed by atoms with van der Waals surface area (Å²) in [6, 6.07) is 7.95. The standard InChI is InChI=1S/C17H25NO3/c1-17(2,8-9-19)12-18-16(20)11-13-7-10-21-15-6-4-3-5-14(13)15/h3-6,13,19H,7-12H2,1-2H3,(H,18,20). The number of amides is 1. The molecule has 1 aliphatic heterocycles. The lowest BCUT2D eigenvalue weighted by Crippen LogP contribution is -2.35. The van der Waals surface area contributed by atoms with Gasteiger partial charge < -0.3 is 15.2 Å². The molecule has 1 aliphatic rings. The van der Waals surface area contributed by atoms with Crippen molar-refractivity contribution in [2.24, 2.45) is 5.41 Å². The first kappa shape index (κ1) is 15.8. The van der Waals surface area contributed by atoms with Crippen molar-refractivity contribution in [1.29, 1.82) is 0 Å². The summed E-state index contributed by atoms with van der Waals surface area (Å²) in [5, 5.41) is 12.0. The number of carbonyl (C=O) groups is 1. The minimum Gasteiger partial charge on any atom is -0.493 e. The number of fused-ring (bicyclic) bond motifs is 1. The summed E-state index contributed by atoms with van der Waals surface area (Å²) >= 11 is 0. The molecule has 1 atom stereocenters. The zero-order valence-corrected chi connectivity index (χ0v) is 12.9. The highest BCUT2D eigenvalue weighted by atomic mass is 16.5. The van der Waals surface area contributed by atoms with Crippen LogP contribution in [0.15, 0.2) is 24.3 Å². The van der Waals surface area contributed by atoms with Crippen LogP contribution >= 0.6 is 0 Å². The van der Waals surface area contributed by atoms with Gasteiger partial charge in [-0.15, -0.1) is 0 Å². The first-order valence-corrected chi connectivity index (χ1v) is 7.61. The fourth-order valence-electron chi connectivity index (χ4n) is 2.65.